The number of aromatic hydroxyl groups is 1. The van der Waals surface area contributed by atoms with Crippen LogP contribution in [0.5, 0.6) is 5.75 Å². The number of phenolic OH excluding ortho intramolecular Hbond substituents is 1. The highest BCUT2D eigenvalue weighted by atomic mass is 35.5. The van der Waals surface area contributed by atoms with E-state index >= 15 is 0 Å². The number of nitrogens with two attached hydrogens (primary N) is 1. The number of nitrogens with zero attached hydrogens (tertiary/aromatic N) is 1. The second kappa shape index (κ2) is 5.43. The molecule has 0 aromatic heterocycles. The van der Waals surface area contributed by atoms with Gasteiger partial charge < -0.3 is 10.8 Å². The molecule has 0 radical (unpaired) electrons. The molecule has 0 aliphatic carbocycles. The minimum atomic E-state index is -0.867. The van der Waals surface area contributed by atoms with Gasteiger partial charge in [-0.05, 0) is 18.2 Å². The molecule has 0 bridgehead atoms. The van der Waals surface area contributed by atoms with Crippen LogP contribution in [0, 0.1) is 11.3 Å². The molecule has 14 heavy (non-hydrogen) atoms. The van der Waals surface area contributed by atoms with Crippen molar-refractivity contribution in [1.82, 2.24) is 0 Å². The number of benzene rings is 1. The predicted octanol–water partition coefficient (Wildman–Crippen LogP) is 1.65. The smallest absolute Gasteiger partial charge is 0.120 e. The van der Waals surface area contributed by atoms with Crippen LogP contribution in [-0.4, -0.2) is 11.8 Å². The molecule has 3 N–H and O–H groups in total. The summed E-state index contributed by atoms with van der Waals surface area (Å²) in [6.07, 6.45) is 0. The minimum Gasteiger partial charge on any atom is -0.508 e. The zero-order valence-electron chi connectivity index (χ0n) is 7.27. The fourth-order valence-corrected chi connectivity index (χ4v) is 1.00. The summed E-state index contributed by atoms with van der Waals surface area (Å²) in [4.78, 5) is 0. The molecular formula is C9H10ClFN2O. The predicted molar refractivity (Wildman–Crippen MR) is 53.0 cm³/mol. The summed E-state index contributed by atoms with van der Waals surface area (Å²) in [7, 11) is 0. The molecule has 0 saturated carbocycles. The highest BCUT2D eigenvalue weighted by Crippen LogP contribution is 2.23. The molecular weight excluding hydrogens is 207 g/mol. The van der Waals surface area contributed by atoms with E-state index in [2.05, 4.69) is 0 Å². The molecule has 0 saturated heterocycles. The van der Waals surface area contributed by atoms with Gasteiger partial charge in [-0.2, -0.15) is 5.26 Å². The average Bonchev–Trinajstić information content (AvgIpc) is 2.17. The zero-order valence-corrected chi connectivity index (χ0v) is 8.09. The lowest BCUT2D eigenvalue weighted by atomic mass is 10.0. The number of halogens is 2. The number of hydrogen-bond acceptors (Lipinski definition) is 3. The Hall–Kier alpha value is -1.31. The van der Waals surface area contributed by atoms with Gasteiger partial charge >= 0.3 is 0 Å². The molecule has 0 aliphatic heterocycles. The lowest BCUT2D eigenvalue weighted by Gasteiger charge is -2.09. The van der Waals surface area contributed by atoms with E-state index in [0.717, 1.165) is 0 Å². The maximum atomic E-state index is 12.2. The van der Waals surface area contributed by atoms with Crippen molar-refractivity contribution in [2.24, 2.45) is 5.73 Å². The Balaban J connectivity index is 0.00000169. The van der Waals surface area contributed by atoms with Crippen LogP contribution >= 0.6 is 12.4 Å². The molecule has 0 fully saturated rings. The van der Waals surface area contributed by atoms with Crippen molar-refractivity contribution in [1.29, 1.82) is 5.26 Å². The van der Waals surface area contributed by atoms with Crippen molar-refractivity contribution in [3.8, 4) is 11.8 Å². The van der Waals surface area contributed by atoms with Gasteiger partial charge in [0.1, 0.15) is 12.4 Å². The topological polar surface area (TPSA) is 70.0 Å². The van der Waals surface area contributed by atoms with Crippen LogP contribution in [0.3, 0.4) is 0 Å². The van der Waals surface area contributed by atoms with Crippen LogP contribution in [0.2, 0.25) is 0 Å². The number of alkyl halides is 1. The van der Waals surface area contributed by atoms with E-state index in [0.29, 0.717) is 5.56 Å². The van der Waals surface area contributed by atoms with Crippen LogP contribution in [0.15, 0.2) is 18.2 Å². The highest BCUT2D eigenvalue weighted by Gasteiger charge is 2.10. The van der Waals surface area contributed by atoms with Crippen LogP contribution in [0.4, 0.5) is 4.39 Å². The Bertz CT molecular complexity index is 351. The summed E-state index contributed by atoms with van der Waals surface area (Å²) < 4.78 is 12.2. The van der Waals surface area contributed by atoms with Crippen molar-refractivity contribution in [2.45, 2.75) is 6.04 Å². The first-order chi connectivity index (χ1) is 6.19. The number of nitriles is 1. The summed E-state index contributed by atoms with van der Waals surface area (Å²) in [6, 6.07) is 5.19. The fraction of sp³-hybridized carbons (Fsp3) is 0.222. The quantitative estimate of drug-likeness (QED) is 0.790. The zero-order chi connectivity index (χ0) is 9.84. The van der Waals surface area contributed by atoms with E-state index in [4.69, 9.17) is 11.0 Å². The highest BCUT2D eigenvalue weighted by molar-refractivity contribution is 5.85. The maximum absolute atomic E-state index is 12.2. The first kappa shape index (κ1) is 12.7. The lowest BCUT2D eigenvalue weighted by Crippen LogP contribution is -2.12. The van der Waals surface area contributed by atoms with Gasteiger partial charge in [0.15, 0.2) is 0 Å². The molecule has 0 amide bonds. The SMILES string of the molecule is Cl.N#Cc1ccc(O)c([C@H](N)CF)c1. The van der Waals surface area contributed by atoms with Gasteiger partial charge in [0.2, 0.25) is 0 Å². The number of rotatable bonds is 2. The molecule has 1 aromatic carbocycles. The van der Waals surface area contributed by atoms with E-state index in [1.54, 1.807) is 0 Å². The molecule has 1 aromatic rings. The van der Waals surface area contributed by atoms with Gasteiger partial charge in [0.25, 0.3) is 0 Å². The normalized spacial score (nSPS) is 11.2. The Labute approximate surface area is 87.4 Å². The largest absolute Gasteiger partial charge is 0.508 e. The molecule has 0 spiro atoms. The van der Waals surface area contributed by atoms with Gasteiger partial charge in [0.05, 0.1) is 17.7 Å². The summed E-state index contributed by atoms with van der Waals surface area (Å²) in [6.45, 7) is -0.761. The van der Waals surface area contributed by atoms with Crippen molar-refractivity contribution < 1.29 is 9.50 Å². The third-order valence-corrected chi connectivity index (χ3v) is 1.72. The van der Waals surface area contributed by atoms with Crippen LogP contribution < -0.4 is 5.73 Å². The Morgan fingerprint density at radius 1 is 1.57 bits per heavy atom. The van der Waals surface area contributed by atoms with Crippen molar-refractivity contribution in [3.05, 3.63) is 29.3 Å². The van der Waals surface area contributed by atoms with Crippen LogP contribution in [-0.2, 0) is 0 Å². The second-order valence-electron chi connectivity index (χ2n) is 2.65. The third-order valence-electron chi connectivity index (χ3n) is 1.72. The minimum absolute atomic E-state index is 0. The summed E-state index contributed by atoms with van der Waals surface area (Å²) in [5.74, 6) is -0.0795. The Morgan fingerprint density at radius 3 is 2.71 bits per heavy atom. The first-order valence-corrected chi connectivity index (χ1v) is 3.73. The fourth-order valence-electron chi connectivity index (χ4n) is 1.00. The molecule has 3 nitrogen and oxygen atoms in total. The maximum Gasteiger partial charge on any atom is 0.120 e. The number of hydrogen-bond donors (Lipinski definition) is 2. The van der Waals surface area contributed by atoms with E-state index in [-0.39, 0.29) is 23.7 Å². The van der Waals surface area contributed by atoms with Crippen LogP contribution in [0.1, 0.15) is 17.2 Å². The van der Waals surface area contributed by atoms with Gasteiger partial charge in [0, 0.05) is 5.56 Å². The average molecular weight is 217 g/mol. The van der Waals surface area contributed by atoms with E-state index < -0.39 is 12.7 Å². The van der Waals surface area contributed by atoms with Gasteiger partial charge in [-0.25, -0.2) is 4.39 Å². The van der Waals surface area contributed by atoms with E-state index in [9.17, 15) is 9.50 Å². The van der Waals surface area contributed by atoms with Crippen molar-refractivity contribution >= 4 is 12.4 Å². The third kappa shape index (κ3) is 2.59. The number of phenols is 1. The van der Waals surface area contributed by atoms with Gasteiger partial charge in [-0.1, -0.05) is 0 Å². The molecule has 1 atom stereocenters. The lowest BCUT2D eigenvalue weighted by molar-refractivity contribution is 0.414. The van der Waals surface area contributed by atoms with Crippen molar-refractivity contribution in [2.75, 3.05) is 6.67 Å². The van der Waals surface area contributed by atoms with Crippen LogP contribution in [0.25, 0.3) is 0 Å². The monoisotopic (exact) mass is 216 g/mol. The second-order valence-corrected chi connectivity index (χ2v) is 2.65. The summed E-state index contributed by atoms with van der Waals surface area (Å²) in [5.41, 5.74) is 6.00. The molecule has 0 aliphatic rings. The Kier molecular flexibility index (Phi) is 4.92. The first-order valence-electron chi connectivity index (χ1n) is 3.73. The molecule has 0 heterocycles. The van der Waals surface area contributed by atoms with E-state index in [1.165, 1.54) is 18.2 Å². The standard InChI is InChI=1S/C9H9FN2O.ClH/c10-4-8(12)7-3-6(5-11)1-2-9(7)13;/h1-3,8,13H,4,12H2;1H/t8-;/m1./s1. The molecule has 76 valence electrons. The van der Waals surface area contributed by atoms with Gasteiger partial charge in [-0.3, -0.25) is 0 Å². The molecule has 0 unspecified atom stereocenters. The Morgan fingerprint density at radius 2 is 2.21 bits per heavy atom. The summed E-state index contributed by atoms with van der Waals surface area (Å²) in [5, 5.41) is 17.8. The van der Waals surface area contributed by atoms with Crippen molar-refractivity contribution in [3.63, 3.8) is 0 Å². The summed E-state index contributed by atoms with van der Waals surface area (Å²) >= 11 is 0. The molecule has 1 rings (SSSR count). The van der Waals surface area contributed by atoms with Gasteiger partial charge in [-0.15, -0.1) is 12.4 Å². The molecule has 5 heteroatoms. The van der Waals surface area contributed by atoms with E-state index in [1.807, 2.05) is 6.07 Å².